The first-order valence-electron chi connectivity index (χ1n) is 3.65. The van der Waals surface area contributed by atoms with Crippen molar-refractivity contribution >= 4 is 22.9 Å². The Labute approximate surface area is 88.7 Å². The molecule has 0 saturated carbocycles. The summed E-state index contributed by atoms with van der Waals surface area (Å²) in [6.45, 7) is 1.93. The third kappa shape index (κ3) is 1.53. The summed E-state index contributed by atoms with van der Waals surface area (Å²) in [5, 5.41) is 11.2. The smallest absolute Gasteiger partial charge is 0.194 e. The van der Waals surface area contributed by atoms with E-state index >= 15 is 0 Å². The topological polar surface area (TPSA) is 56.5 Å². The Hall–Kier alpha value is -1.05. The fourth-order valence-electron chi connectivity index (χ4n) is 1.05. The number of rotatable bonds is 1. The molecule has 2 rings (SSSR count). The first-order chi connectivity index (χ1) is 6.29. The minimum absolute atomic E-state index is 0.728. The molecule has 2 heterocycles. The molecular formula is C7H6IN5. The number of tetrazole rings is 1. The molecule has 2 aromatic rings. The van der Waals surface area contributed by atoms with E-state index in [0.717, 1.165) is 17.1 Å². The SMILES string of the molecule is Cc1ncccc1-c1nnnn1I. The van der Waals surface area contributed by atoms with Crippen LogP contribution in [0.4, 0.5) is 0 Å². The van der Waals surface area contributed by atoms with Crippen molar-refractivity contribution < 1.29 is 0 Å². The maximum absolute atomic E-state index is 4.16. The number of aryl methyl sites for hydroxylation is 1. The average molecular weight is 287 g/mol. The van der Waals surface area contributed by atoms with Crippen LogP contribution in [0.15, 0.2) is 18.3 Å². The van der Waals surface area contributed by atoms with E-state index in [1.807, 2.05) is 41.9 Å². The lowest BCUT2D eigenvalue weighted by Crippen LogP contribution is -1.92. The van der Waals surface area contributed by atoms with Gasteiger partial charge in [-0.25, -0.2) is 0 Å². The van der Waals surface area contributed by atoms with E-state index in [9.17, 15) is 0 Å². The van der Waals surface area contributed by atoms with Crippen molar-refractivity contribution in [3.63, 3.8) is 0 Å². The molecule has 2 aromatic heterocycles. The maximum atomic E-state index is 4.16. The zero-order valence-electron chi connectivity index (χ0n) is 6.85. The Kier molecular flexibility index (Phi) is 2.21. The fraction of sp³-hybridized carbons (Fsp3) is 0.143. The quantitative estimate of drug-likeness (QED) is 0.740. The van der Waals surface area contributed by atoms with E-state index in [1.54, 1.807) is 9.09 Å². The summed E-state index contributed by atoms with van der Waals surface area (Å²) in [5.74, 6) is 0.728. The van der Waals surface area contributed by atoms with Crippen molar-refractivity contribution in [3.05, 3.63) is 24.0 Å². The van der Waals surface area contributed by atoms with E-state index < -0.39 is 0 Å². The summed E-state index contributed by atoms with van der Waals surface area (Å²) in [6, 6.07) is 3.82. The van der Waals surface area contributed by atoms with Crippen LogP contribution in [0.25, 0.3) is 11.4 Å². The number of nitrogens with zero attached hydrogens (tertiary/aromatic N) is 5. The second-order valence-electron chi connectivity index (χ2n) is 2.50. The van der Waals surface area contributed by atoms with Crippen LogP contribution in [0.2, 0.25) is 0 Å². The number of hydrogen-bond donors (Lipinski definition) is 0. The van der Waals surface area contributed by atoms with Gasteiger partial charge >= 0.3 is 0 Å². The molecule has 0 atom stereocenters. The van der Waals surface area contributed by atoms with Gasteiger partial charge in [-0.2, -0.15) is 2.90 Å². The highest BCUT2D eigenvalue weighted by molar-refractivity contribution is 14.1. The van der Waals surface area contributed by atoms with E-state index in [4.69, 9.17) is 0 Å². The van der Waals surface area contributed by atoms with Crippen LogP contribution in [0, 0.1) is 6.92 Å². The van der Waals surface area contributed by atoms with Crippen molar-refractivity contribution in [1.29, 1.82) is 0 Å². The first-order valence-corrected chi connectivity index (χ1v) is 4.62. The summed E-state index contributed by atoms with van der Waals surface area (Å²) < 4.78 is 1.60. The van der Waals surface area contributed by atoms with E-state index in [2.05, 4.69) is 20.5 Å². The van der Waals surface area contributed by atoms with Gasteiger partial charge in [0, 0.05) is 17.5 Å². The minimum atomic E-state index is 0.728. The zero-order chi connectivity index (χ0) is 9.26. The van der Waals surface area contributed by atoms with Gasteiger partial charge in [-0.15, -0.1) is 5.10 Å². The molecule has 0 radical (unpaired) electrons. The second kappa shape index (κ2) is 3.36. The molecule has 0 spiro atoms. The molecular weight excluding hydrogens is 281 g/mol. The maximum Gasteiger partial charge on any atom is 0.194 e. The number of halogens is 1. The zero-order valence-corrected chi connectivity index (χ0v) is 9.00. The number of hydrogen-bond acceptors (Lipinski definition) is 4. The molecule has 5 nitrogen and oxygen atoms in total. The Morgan fingerprint density at radius 3 is 2.92 bits per heavy atom. The van der Waals surface area contributed by atoms with E-state index in [1.165, 1.54) is 0 Å². The Morgan fingerprint density at radius 1 is 1.46 bits per heavy atom. The van der Waals surface area contributed by atoms with Gasteiger partial charge in [-0.3, -0.25) is 4.98 Å². The van der Waals surface area contributed by atoms with Gasteiger partial charge in [0.15, 0.2) is 5.82 Å². The van der Waals surface area contributed by atoms with Crippen LogP contribution in [0.5, 0.6) is 0 Å². The summed E-state index contributed by atoms with van der Waals surface area (Å²) in [5.41, 5.74) is 1.89. The van der Waals surface area contributed by atoms with Crippen molar-refractivity contribution in [1.82, 2.24) is 23.4 Å². The predicted octanol–water partition coefficient (Wildman–Crippen LogP) is 1.24. The van der Waals surface area contributed by atoms with E-state index in [0.29, 0.717) is 0 Å². The van der Waals surface area contributed by atoms with Crippen molar-refractivity contribution in [2.75, 3.05) is 0 Å². The largest absolute Gasteiger partial charge is 0.261 e. The van der Waals surface area contributed by atoms with Crippen LogP contribution in [-0.2, 0) is 0 Å². The Bertz CT molecular complexity index is 424. The fourth-order valence-corrected chi connectivity index (χ4v) is 1.49. The molecule has 0 bridgehead atoms. The van der Waals surface area contributed by atoms with Gasteiger partial charge in [0.05, 0.1) is 22.9 Å². The average Bonchev–Trinajstić information content (AvgIpc) is 2.52. The predicted molar refractivity (Wildman–Crippen MR) is 55.2 cm³/mol. The van der Waals surface area contributed by atoms with Gasteiger partial charge in [-0.1, -0.05) is 0 Å². The van der Waals surface area contributed by atoms with Crippen LogP contribution in [-0.4, -0.2) is 23.4 Å². The molecule has 0 aromatic carbocycles. The molecule has 6 heteroatoms. The first kappa shape index (κ1) is 8.54. The lowest BCUT2D eigenvalue weighted by molar-refractivity contribution is 0.870. The molecule has 0 aliphatic rings. The molecule has 0 saturated heterocycles. The molecule has 0 unspecified atom stereocenters. The molecule has 13 heavy (non-hydrogen) atoms. The third-order valence-electron chi connectivity index (χ3n) is 1.68. The molecule has 0 aliphatic carbocycles. The molecule has 0 amide bonds. The van der Waals surface area contributed by atoms with Crippen molar-refractivity contribution in [3.8, 4) is 11.4 Å². The Balaban J connectivity index is 2.59. The second-order valence-corrected chi connectivity index (χ2v) is 3.41. The van der Waals surface area contributed by atoms with Crippen LogP contribution < -0.4 is 0 Å². The van der Waals surface area contributed by atoms with E-state index in [-0.39, 0.29) is 0 Å². The molecule has 0 N–H and O–H groups in total. The summed E-state index contributed by atoms with van der Waals surface area (Å²) >= 11 is 2.03. The number of pyridine rings is 1. The lowest BCUT2D eigenvalue weighted by atomic mass is 10.2. The lowest BCUT2D eigenvalue weighted by Gasteiger charge is -1.99. The summed E-state index contributed by atoms with van der Waals surface area (Å²) in [7, 11) is 0. The number of aromatic nitrogens is 5. The minimum Gasteiger partial charge on any atom is -0.261 e. The Morgan fingerprint density at radius 2 is 2.31 bits per heavy atom. The van der Waals surface area contributed by atoms with Crippen molar-refractivity contribution in [2.24, 2.45) is 0 Å². The van der Waals surface area contributed by atoms with Gasteiger partial charge < -0.3 is 0 Å². The highest BCUT2D eigenvalue weighted by Gasteiger charge is 2.08. The van der Waals surface area contributed by atoms with Gasteiger partial charge in [0.25, 0.3) is 0 Å². The monoisotopic (exact) mass is 287 g/mol. The normalized spacial score (nSPS) is 10.3. The highest BCUT2D eigenvalue weighted by atomic mass is 127. The third-order valence-corrected chi connectivity index (χ3v) is 2.33. The molecule has 66 valence electrons. The van der Waals surface area contributed by atoms with Crippen LogP contribution in [0.3, 0.4) is 0 Å². The highest BCUT2D eigenvalue weighted by Crippen LogP contribution is 2.18. The summed E-state index contributed by atoms with van der Waals surface area (Å²) in [4.78, 5) is 4.16. The van der Waals surface area contributed by atoms with Crippen molar-refractivity contribution in [2.45, 2.75) is 6.92 Å². The summed E-state index contributed by atoms with van der Waals surface area (Å²) in [6.07, 6.45) is 1.75. The van der Waals surface area contributed by atoms with Gasteiger partial charge in [0.1, 0.15) is 0 Å². The van der Waals surface area contributed by atoms with Gasteiger partial charge in [-0.05, 0) is 29.5 Å². The molecule has 0 aliphatic heterocycles. The van der Waals surface area contributed by atoms with Crippen LogP contribution in [0.1, 0.15) is 5.69 Å². The van der Waals surface area contributed by atoms with Gasteiger partial charge in [0.2, 0.25) is 0 Å². The molecule has 0 fully saturated rings. The van der Waals surface area contributed by atoms with Crippen LogP contribution >= 0.6 is 22.9 Å². The standard InChI is InChI=1S/C7H6IN5/c1-5-6(3-2-4-9-5)7-10-11-12-13(7)8/h2-4H,1H3.